The number of pyridine rings is 2. The van der Waals surface area contributed by atoms with Gasteiger partial charge in [0.1, 0.15) is 0 Å². The Kier molecular flexibility index (Phi) is 7.48. The van der Waals surface area contributed by atoms with Gasteiger partial charge in [0, 0.05) is 54.0 Å². The largest absolute Gasteiger partial charge is 0.311 e. The Morgan fingerprint density at radius 3 is 1.36 bits per heavy atom. The molecule has 0 saturated carbocycles. The van der Waals surface area contributed by atoms with Crippen molar-refractivity contribution in [3.63, 3.8) is 0 Å². The molecule has 0 N–H and O–H groups in total. The summed E-state index contributed by atoms with van der Waals surface area (Å²) in [5, 5.41) is 0.400. The number of hydrogen-bond donors (Lipinski definition) is 0. The van der Waals surface area contributed by atoms with Gasteiger partial charge in [-0.1, -0.05) is 72.3 Å². The van der Waals surface area contributed by atoms with Crippen molar-refractivity contribution in [3.8, 4) is 22.5 Å². The molecule has 0 radical (unpaired) electrons. The molecular formula is C32H25ClN4O2. The van der Waals surface area contributed by atoms with E-state index in [1.165, 1.54) is 9.80 Å². The van der Waals surface area contributed by atoms with Crippen molar-refractivity contribution in [2.45, 2.75) is 0 Å². The van der Waals surface area contributed by atoms with E-state index in [9.17, 15) is 9.59 Å². The van der Waals surface area contributed by atoms with Crippen LogP contribution in [0.5, 0.6) is 0 Å². The second-order valence-electron chi connectivity index (χ2n) is 8.99. The van der Waals surface area contributed by atoms with Gasteiger partial charge < -0.3 is 9.80 Å². The molecule has 0 aliphatic heterocycles. The van der Waals surface area contributed by atoms with E-state index in [1.54, 1.807) is 56.8 Å². The Hall–Kier alpha value is -4.81. The number of amides is 2. The molecule has 6 nitrogen and oxygen atoms in total. The average Bonchev–Trinajstić information content (AvgIpc) is 3.00. The summed E-state index contributed by atoms with van der Waals surface area (Å²) in [7, 11) is 3.33. The number of anilines is 2. The van der Waals surface area contributed by atoms with Crippen LogP contribution >= 0.6 is 11.6 Å². The van der Waals surface area contributed by atoms with Gasteiger partial charge in [-0.3, -0.25) is 19.6 Å². The first-order chi connectivity index (χ1) is 18.9. The number of carbonyl (C=O) groups excluding carboxylic acids is 2. The molecule has 5 rings (SSSR count). The maximum absolute atomic E-state index is 13.2. The summed E-state index contributed by atoms with van der Waals surface area (Å²) in [5.74, 6) is -0.491. The number of rotatable bonds is 6. The molecule has 3 aromatic carbocycles. The topological polar surface area (TPSA) is 66.4 Å². The lowest BCUT2D eigenvalue weighted by Gasteiger charge is -2.22. The Labute approximate surface area is 232 Å². The maximum Gasteiger partial charge on any atom is 0.259 e. The summed E-state index contributed by atoms with van der Waals surface area (Å²) in [4.78, 5) is 38.4. The molecule has 39 heavy (non-hydrogen) atoms. The number of aromatic nitrogens is 2. The van der Waals surface area contributed by atoms with Crippen molar-refractivity contribution >= 4 is 34.8 Å². The number of hydrogen-bond acceptors (Lipinski definition) is 4. The van der Waals surface area contributed by atoms with Crippen LogP contribution < -0.4 is 9.80 Å². The van der Waals surface area contributed by atoms with Gasteiger partial charge >= 0.3 is 0 Å². The first kappa shape index (κ1) is 25.8. The molecule has 7 heteroatoms. The zero-order valence-corrected chi connectivity index (χ0v) is 22.2. The van der Waals surface area contributed by atoms with Gasteiger partial charge in [-0.25, -0.2) is 0 Å². The summed E-state index contributed by atoms with van der Waals surface area (Å²) in [6.45, 7) is 0. The van der Waals surface area contributed by atoms with Gasteiger partial charge in [-0.2, -0.15) is 0 Å². The molecular weight excluding hydrogens is 508 g/mol. The summed E-state index contributed by atoms with van der Waals surface area (Å²) < 4.78 is 0. The molecule has 0 atom stereocenters. The Bertz CT molecular complexity index is 1490. The SMILES string of the molecule is CN(C(=O)c1ccc(-c2ccccc2)nc1)c1cc(Cl)cc(N(C)C(=O)c2ccc(-c3ccccc3)nc2)c1. The van der Waals surface area contributed by atoms with Gasteiger partial charge in [-0.15, -0.1) is 0 Å². The lowest BCUT2D eigenvalue weighted by Crippen LogP contribution is -2.28. The standard InChI is InChI=1S/C32H25ClN4O2/c1-36(31(38)24-13-15-29(34-20-24)22-9-5-3-6-10-22)27-17-26(33)18-28(19-27)37(2)32(39)25-14-16-30(35-21-25)23-11-7-4-8-12-23/h3-21H,1-2H3. The van der Waals surface area contributed by atoms with E-state index in [0.29, 0.717) is 27.5 Å². The first-order valence-electron chi connectivity index (χ1n) is 12.3. The number of halogens is 1. The molecule has 2 aromatic heterocycles. The van der Waals surface area contributed by atoms with E-state index >= 15 is 0 Å². The lowest BCUT2D eigenvalue weighted by molar-refractivity contribution is 0.0986. The summed E-state index contributed by atoms with van der Waals surface area (Å²) in [5.41, 5.74) is 5.49. The third kappa shape index (κ3) is 5.71. The quantitative estimate of drug-likeness (QED) is 0.236. The van der Waals surface area contributed by atoms with E-state index in [-0.39, 0.29) is 11.8 Å². The minimum atomic E-state index is -0.245. The molecule has 0 spiro atoms. The number of nitrogens with zero attached hydrogens (tertiary/aromatic N) is 4. The summed E-state index contributed by atoms with van der Waals surface area (Å²) >= 11 is 6.42. The van der Waals surface area contributed by atoms with Crippen LogP contribution in [0.3, 0.4) is 0 Å². The fourth-order valence-electron chi connectivity index (χ4n) is 4.17. The second kappa shape index (κ2) is 11.3. The fraction of sp³-hybridized carbons (Fsp3) is 0.0625. The Balaban J connectivity index is 1.34. The highest BCUT2D eigenvalue weighted by molar-refractivity contribution is 6.31. The second-order valence-corrected chi connectivity index (χ2v) is 9.43. The van der Waals surface area contributed by atoms with Crippen LogP contribution in [0.1, 0.15) is 20.7 Å². The van der Waals surface area contributed by atoms with E-state index < -0.39 is 0 Å². The molecule has 0 bridgehead atoms. The van der Waals surface area contributed by atoms with Crippen LogP contribution in [0, 0.1) is 0 Å². The zero-order chi connectivity index (χ0) is 27.4. The molecule has 2 amide bonds. The van der Waals surface area contributed by atoms with E-state index in [2.05, 4.69) is 9.97 Å². The van der Waals surface area contributed by atoms with Crippen LogP contribution in [-0.2, 0) is 0 Å². The molecule has 0 saturated heterocycles. The monoisotopic (exact) mass is 532 g/mol. The van der Waals surface area contributed by atoms with Crippen LogP contribution in [-0.4, -0.2) is 35.9 Å². The van der Waals surface area contributed by atoms with Gasteiger partial charge in [0.2, 0.25) is 0 Å². The zero-order valence-electron chi connectivity index (χ0n) is 21.5. The van der Waals surface area contributed by atoms with E-state index in [4.69, 9.17) is 11.6 Å². The number of carbonyl (C=O) groups is 2. The van der Waals surface area contributed by atoms with Crippen LogP contribution in [0.25, 0.3) is 22.5 Å². The molecule has 5 aromatic rings. The van der Waals surface area contributed by atoms with Crippen molar-refractivity contribution in [3.05, 3.63) is 132 Å². The molecule has 0 aliphatic carbocycles. The van der Waals surface area contributed by atoms with Gasteiger partial charge in [-0.05, 0) is 42.5 Å². The maximum atomic E-state index is 13.2. The predicted molar refractivity (Wildman–Crippen MR) is 156 cm³/mol. The van der Waals surface area contributed by atoms with E-state index in [0.717, 1.165) is 22.5 Å². The minimum absolute atomic E-state index is 0.245. The van der Waals surface area contributed by atoms with Crippen LogP contribution in [0.2, 0.25) is 5.02 Å². The smallest absolute Gasteiger partial charge is 0.259 e. The van der Waals surface area contributed by atoms with Gasteiger partial charge in [0.15, 0.2) is 0 Å². The Morgan fingerprint density at radius 2 is 1.00 bits per heavy atom. The fourth-order valence-corrected chi connectivity index (χ4v) is 4.39. The van der Waals surface area contributed by atoms with Crippen molar-refractivity contribution in [1.82, 2.24) is 9.97 Å². The van der Waals surface area contributed by atoms with Crippen molar-refractivity contribution < 1.29 is 9.59 Å². The first-order valence-corrected chi connectivity index (χ1v) is 12.7. The molecule has 192 valence electrons. The van der Waals surface area contributed by atoms with Crippen LogP contribution in [0.15, 0.2) is 116 Å². The summed E-state index contributed by atoms with van der Waals surface area (Å²) in [6, 6.07) is 31.8. The summed E-state index contributed by atoms with van der Waals surface area (Å²) in [6.07, 6.45) is 3.13. The normalized spacial score (nSPS) is 10.6. The van der Waals surface area contributed by atoms with E-state index in [1.807, 2.05) is 72.8 Å². The highest BCUT2D eigenvalue weighted by Gasteiger charge is 2.19. The molecule has 0 fully saturated rings. The third-order valence-corrected chi connectivity index (χ3v) is 6.63. The van der Waals surface area contributed by atoms with Crippen molar-refractivity contribution in [2.24, 2.45) is 0 Å². The molecule has 0 aliphatic rings. The van der Waals surface area contributed by atoms with Crippen LogP contribution in [0.4, 0.5) is 11.4 Å². The average molecular weight is 533 g/mol. The molecule has 2 heterocycles. The van der Waals surface area contributed by atoms with Gasteiger partial charge in [0.25, 0.3) is 11.8 Å². The van der Waals surface area contributed by atoms with Crippen molar-refractivity contribution in [2.75, 3.05) is 23.9 Å². The number of benzene rings is 3. The Morgan fingerprint density at radius 1 is 0.590 bits per heavy atom. The van der Waals surface area contributed by atoms with Gasteiger partial charge in [0.05, 0.1) is 22.5 Å². The highest BCUT2D eigenvalue weighted by Crippen LogP contribution is 2.29. The third-order valence-electron chi connectivity index (χ3n) is 6.41. The highest BCUT2D eigenvalue weighted by atomic mass is 35.5. The predicted octanol–water partition coefficient (Wildman–Crippen LogP) is 7.02. The molecule has 0 unspecified atom stereocenters. The lowest BCUT2D eigenvalue weighted by atomic mass is 10.1. The minimum Gasteiger partial charge on any atom is -0.311 e. The van der Waals surface area contributed by atoms with Crippen molar-refractivity contribution in [1.29, 1.82) is 0 Å².